The Hall–Kier alpha value is -2.60. The summed E-state index contributed by atoms with van der Waals surface area (Å²) < 4.78 is 1.65. The van der Waals surface area contributed by atoms with Gasteiger partial charge in [0.05, 0.1) is 10.7 Å². The van der Waals surface area contributed by atoms with Crippen molar-refractivity contribution in [2.75, 3.05) is 10.6 Å². The summed E-state index contributed by atoms with van der Waals surface area (Å²) >= 11 is 6.40. The predicted molar refractivity (Wildman–Crippen MR) is 114 cm³/mol. The van der Waals surface area contributed by atoms with Crippen molar-refractivity contribution in [3.8, 4) is 0 Å². The Kier molecular flexibility index (Phi) is 6.80. The largest absolute Gasteiger partial charge is 0.365 e. The normalized spacial score (nSPS) is 12.0. The van der Waals surface area contributed by atoms with Crippen LogP contribution in [0.1, 0.15) is 39.7 Å². The number of hydrogen-bond donors (Lipinski definition) is 3. The summed E-state index contributed by atoms with van der Waals surface area (Å²) in [4.78, 5) is 16.2. The Bertz CT molecular complexity index is 896. The van der Waals surface area contributed by atoms with Crippen LogP contribution >= 0.6 is 11.6 Å². The SMILES string of the molecule is CCCn1cc(N/C=C(\C=N)c2cnc(NC(C)(C)C)cc2Cl)ccc1=O. The molecule has 0 aliphatic rings. The van der Waals surface area contributed by atoms with Crippen LogP contribution in [0.15, 0.2) is 41.6 Å². The Morgan fingerprint density at radius 2 is 2.11 bits per heavy atom. The van der Waals surface area contributed by atoms with E-state index in [-0.39, 0.29) is 11.1 Å². The minimum atomic E-state index is -0.124. The van der Waals surface area contributed by atoms with Crippen molar-refractivity contribution in [1.29, 1.82) is 5.41 Å². The molecule has 27 heavy (non-hydrogen) atoms. The fourth-order valence-corrected chi connectivity index (χ4v) is 2.75. The molecular weight excluding hydrogens is 362 g/mol. The fraction of sp³-hybridized carbons (Fsp3) is 0.350. The van der Waals surface area contributed by atoms with Gasteiger partial charge < -0.3 is 20.6 Å². The number of nitrogens with zero attached hydrogens (tertiary/aromatic N) is 2. The molecule has 2 aromatic rings. The molecule has 0 fully saturated rings. The van der Waals surface area contributed by atoms with Gasteiger partial charge in [0, 0.05) is 54.1 Å². The van der Waals surface area contributed by atoms with Crippen LogP contribution in [0.4, 0.5) is 11.5 Å². The van der Waals surface area contributed by atoms with E-state index in [1.165, 1.54) is 12.3 Å². The second kappa shape index (κ2) is 8.86. The van der Waals surface area contributed by atoms with E-state index in [2.05, 4.69) is 15.6 Å². The highest BCUT2D eigenvalue weighted by Gasteiger charge is 2.12. The highest BCUT2D eigenvalue weighted by Crippen LogP contribution is 2.25. The van der Waals surface area contributed by atoms with E-state index in [9.17, 15) is 4.79 Å². The molecule has 144 valence electrons. The molecule has 3 N–H and O–H groups in total. The zero-order valence-corrected chi connectivity index (χ0v) is 16.9. The van der Waals surface area contributed by atoms with Gasteiger partial charge in [-0.05, 0) is 39.3 Å². The van der Waals surface area contributed by atoms with Crippen LogP contribution in [0.5, 0.6) is 0 Å². The number of halogens is 1. The summed E-state index contributed by atoms with van der Waals surface area (Å²) in [6.07, 6.45) is 7.19. The maximum absolute atomic E-state index is 11.8. The zero-order valence-electron chi connectivity index (χ0n) is 16.1. The lowest BCUT2D eigenvalue weighted by Gasteiger charge is -2.21. The maximum Gasteiger partial charge on any atom is 0.250 e. The first-order valence-corrected chi connectivity index (χ1v) is 9.23. The molecule has 0 unspecified atom stereocenters. The lowest BCUT2D eigenvalue weighted by molar-refractivity contribution is 0.630. The smallest absolute Gasteiger partial charge is 0.250 e. The highest BCUT2D eigenvalue weighted by molar-refractivity contribution is 6.34. The van der Waals surface area contributed by atoms with Crippen molar-refractivity contribution in [3.05, 3.63) is 57.7 Å². The fourth-order valence-electron chi connectivity index (χ4n) is 2.49. The van der Waals surface area contributed by atoms with Gasteiger partial charge in [0.1, 0.15) is 5.82 Å². The molecular formula is C20H26ClN5O. The zero-order chi connectivity index (χ0) is 20.0. The molecule has 6 nitrogen and oxygen atoms in total. The number of allylic oxidation sites excluding steroid dienone is 1. The van der Waals surface area contributed by atoms with Crippen LogP contribution in [0.3, 0.4) is 0 Å². The summed E-state index contributed by atoms with van der Waals surface area (Å²) in [5, 5.41) is 14.6. The van der Waals surface area contributed by atoms with Gasteiger partial charge in [0.25, 0.3) is 5.56 Å². The molecule has 0 aliphatic carbocycles. The van der Waals surface area contributed by atoms with Gasteiger partial charge in [-0.2, -0.15) is 0 Å². The minimum absolute atomic E-state index is 0.0344. The van der Waals surface area contributed by atoms with Gasteiger partial charge >= 0.3 is 0 Å². The van der Waals surface area contributed by atoms with Crippen molar-refractivity contribution in [2.24, 2.45) is 0 Å². The van der Waals surface area contributed by atoms with E-state index >= 15 is 0 Å². The summed E-state index contributed by atoms with van der Waals surface area (Å²) in [5.41, 5.74) is 1.84. The topological polar surface area (TPSA) is 82.8 Å². The Labute approximate surface area is 164 Å². The molecule has 0 atom stereocenters. The Balaban J connectivity index is 2.25. The van der Waals surface area contributed by atoms with Crippen LogP contribution in [-0.2, 0) is 6.54 Å². The number of aryl methyl sites for hydroxylation is 1. The third-order valence-corrected chi connectivity index (χ3v) is 3.98. The van der Waals surface area contributed by atoms with Gasteiger partial charge in [-0.1, -0.05) is 18.5 Å². The third kappa shape index (κ3) is 5.96. The third-order valence-electron chi connectivity index (χ3n) is 3.67. The van der Waals surface area contributed by atoms with Gasteiger partial charge in [-0.3, -0.25) is 4.79 Å². The summed E-state index contributed by atoms with van der Waals surface area (Å²) in [7, 11) is 0. The number of rotatable bonds is 7. The van der Waals surface area contributed by atoms with Crippen LogP contribution < -0.4 is 16.2 Å². The molecule has 0 aliphatic heterocycles. The van der Waals surface area contributed by atoms with Gasteiger partial charge in [-0.25, -0.2) is 4.98 Å². The molecule has 0 aromatic carbocycles. The molecule has 0 amide bonds. The van der Waals surface area contributed by atoms with Gasteiger partial charge in [0.2, 0.25) is 0 Å². The first-order chi connectivity index (χ1) is 12.7. The van der Waals surface area contributed by atoms with Crippen LogP contribution in [-0.4, -0.2) is 21.3 Å². The average molecular weight is 388 g/mol. The van der Waals surface area contributed by atoms with Crippen molar-refractivity contribution in [1.82, 2.24) is 9.55 Å². The second-order valence-electron chi connectivity index (χ2n) is 7.26. The highest BCUT2D eigenvalue weighted by atomic mass is 35.5. The van der Waals surface area contributed by atoms with Gasteiger partial charge in [0.15, 0.2) is 0 Å². The number of aromatic nitrogens is 2. The summed E-state index contributed by atoms with van der Waals surface area (Å²) in [5.74, 6) is 0.681. The van der Waals surface area contributed by atoms with Crippen LogP contribution in [0.25, 0.3) is 5.57 Å². The molecule has 0 bridgehead atoms. The van der Waals surface area contributed by atoms with Crippen molar-refractivity contribution in [2.45, 2.75) is 46.2 Å². The van der Waals surface area contributed by atoms with E-state index in [1.54, 1.807) is 35.3 Å². The molecule has 0 saturated heterocycles. The average Bonchev–Trinajstić information content (AvgIpc) is 2.58. The first kappa shape index (κ1) is 20.7. The minimum Gasteiger partial charge on any atom is -0.365 e. The number of nitrogens with one attached hydrogen (secondary N) is 3. The number of anilines is 2. The Morgan fingerprint density at radius 1 is 1.37 bits per heavy atom. The van der Waals surface area contributed by atoms with Crippen molar-refractivity contribution < 1.29 is 0 Å². The quantitative estimate of drug-likeness (QED) is 0.605. The number of hydrogen-bond acceptors (Lipinski definition) is 5. The van der Waals surface area contributed by atoms with E-state index in [0.29, 0.717) is 28.5 Å². The van der Waals surface area contributed by atoms with E-state index in [1.807, 2.05) is 27.7 Å². The van der Waals surface area contributed by atoms with Crippen LogP contribution in [0, 0.1) is 5.41 Å². The lowest BCUT2D eigenvalue weighted by atomic mass is 10.1. The van der Waals surface area contributed by atoms with Gasteiger partial charge in [-0.15, -0.1) is 0 Å². The van der Waals surface area contributed by atoms with Crippen molar-refractivity contribution in [3.63, 3.8) is 0 Å². The van der Waals surface area contributed by atoms with E-state index in [0.717, 1.165) is 12.1 Å². The maximum atomic E-state index is 11.8. The summed E-state index contributed by atoms with van der Waals surface area (Å²) in [6, 6.07) is 4.99. The molecule has 7 heteroatoms. The molecule has 0 spiro atoms. The van der Waals surface area contributed by atoms with E-state index in [4.69, 9.17) is 17.0 Å². The monoisotopic (exact) mass is 387 g/mol. The lowest BCUT2D eigenvalue weighted by Crippen LogP contribution is -2.26. The predicted octanol–water partition coefficient (Wildman–Crippen LogP) is 4.62. The summed E-state index contributed by atoms with van der Waals surface area (Å²) in [6.45, 7) is 8.81. The van der Waals surface area contributed by atoms with E-state index < -0.39 is 0 Å². The second-order valence-corrected chi connectivity index (χ2v) is 7.67. The molecule has 0 saturated carbocycles. The first-order valence-electron chi connectivity index (χ1n) is 8.85. The standard InChI is InChI=1S/C20H26ClN5O/c1-5-8-26-13-15(6-7-19(26)27)23-11-14(10-22)16-12-24-18(9-17(16)21)25-20(2,3)4/h6-7,9-13,22-23H,5,8H2,1-4H3,(H,24,25)/b14-11+,22-10?. The Morgan fingerprint density at radius 3 is 2.70 bits per heavy atom. The number of pyridine rings is 2. The molecule has 2 rings (SSSR count). The molecule has 0 radical (unpaired) electrons. The van der Waals surface area contributed by atoms with Crippen molar-refractivity contribution >= 4 is 34.9 Å². The molecule has 2 heterocycles. The molecule has 2 aromatic heterocycles. The van der Waals surface area contributed by atoms with Crippen LogP contribution in [0.2, 0.25) is 5.02 Å².